The first-order chi connectivity index (χ1) is 8.13. The first-order valence-corrected chi connectivity index (χ1v) is 5.99. The number of hydrogen-bond donors (Lipinski definition) is 1. The Hall–Kier alpha value is -1.32. The zero-order valence-corrected chi connectivity index (χ0v) is 11.0. The first-order valence-electron chi connectivity index (χ1n) is 5.62. The van der Waals surface area contributed by atoms with Crippen LogP contribution in [-0.4, -0.2) is 16.8 Å². The molecule has 0 aliphatic heterocycles. The molecule has 2 aromatic rings. The summed E-state index contributed by atoms with van der Waals surface area (Å²) >= 11 is 6.05. The molecule has 1 aromatic heterocycles. The lowest BCUT2D eigenvalue weighted by Gasteiger charge is -2.15. The maximum Gasteiger partial charge on any atom is 0.0819 e. The summed E-state index contributed by atoms with van der Waals surface area (Å²) in [7, 11) is 1.95. The van der Waals surface area contributed by atoms with Crippen molar-refractivity contribution in [2.45, 2.75) is 19.9 Å². The third-order valence-corrected chi connectivity index (χ3v) is 3.29. The smallest absolute Gasteiger partial charge is 0.0819 e. The molecule has 0 aliphatic carbocycles. The van der Waals surface area contributed by atoms with Crippen LogP contribution in [-0.2, 0) is 0 Å². The summed E-state index contributed by atoms with van der Waals surface area (Å²) in [6.45, 7) is 4.03. The molecule has 0 saturated heterocycles. The molecule has 0 fully saturated rings. The van der Waals surface area contributed by atoms with Gasteiger partial charge in [-0.05, 0) is 32.5 Å². The van der Waals surface area contributed by atoms with Crippen molar-refractivity contribution in [3.63, 3.8) is 0 Å². The standard InChI is InChI=1S/C13H16ClN3/c1-9(15-3)11-6-4-5-7-13(11)17-8-12(14)10(2)16-17/h4-9,15H,1-3H3. The van der Waals surface area contributed by atoms with Crippen LogP contribution in [0.2, 0.25) is 5.02 Å². The highest BCUT2D eigenvalue weighted by Crippen LogP contribution is 2.23. The highest BCUT2D eigenvalue weighted by atomic mass is 35.5. The van der Waals surface area contributed by atoms with Gasteiger partial charge in [-0.2, -0.15) is 5.10 Å². The van der Waals surface area contributed by atoms with Gasteiger partial charge >= 0.3 is 0 Å². The van der Waals surface area contributed by atoms with E-state index in [0.29, 0.717) is 5.02 Å². The van der Waals surface area contributed by atoms with E-state index in [4.69, 9.17) is 11.6 Å². The van der Waals surface area contributed by atoms with E-state index in [-0.39, 0.29) is 6.04 Å². The van der Waals surface area contributed by atoms with Crippen molar-refractivity contribution in [3.05, 3.63) is 46.7 Å². The Kier molecular flexibility index (Phi) is 3.50. The Bertz CT molecular complexity index is 500. The first kappa shape index (κ1) is 12.1. The lowest BCUT2D eigenvalue weighted by molar-refractivity contribution is 0.644. The van der Waals surface area contributed by atoms with Crippen LogP contribution in [0.15, 0.2) is 30.5 Å². The molecule has 2 rings (SSSR count). The second-order valence-electron chi connectivity index (χ2n) is 4.08. The average molecular weight is 250 g/mol. The normalized spacial score (nSPS) is 12.7. The van der Waals surface area contributed by atoms with Gasteiger partial charge in [-0.15, -0.1) is 0 Å². The molecular weight excluding hydrogens is 234 g/mol. The predicted molar refractivity (Wildman–Crippen MR) is 70.8 cm³/mol. The molecule has 17 heavy (non-hydrogen) atoms. The van der Waals surface area contributed by atoms with Crippen molar-refractivity contribution < 1.29 is 0 Å². The zero-order chi connectivity index (χ0) is 12.4. The van der Waals surface area contributed by atoms with Crippen molar-refractivity contribution in [2.24, 2.45) is 0 Å². The van der Waals surface area contributed by atoms with Crippen LogP contribution in [0.5, 0.6) is 0 Å². The molecular formula is C13H16ClN3. The second kappa shape index (κ2) is 4.90. The minimum absolute atomic E-state index is 0.273. The van der Waals surface area contributed by atoms with Crippen molar-refractivity contribution in [1.29, 1.82) is 0 Å². The van der Waals surface area contributed by atoms with E-state index in [1.165, 1.54) is 5.56 Å². The number of aryl methyl sites for hydroxylation is 1. The highest BCUT2D eigenvalue weighted by molar-refractivity contribution is 6.31. The van der Waals surface area contributed by atoms with Gasteiger partial charge in [0.1, 0.15) is 0 Å². The van der Waals surface area contributed by atoms with Crippen LogP contribution in [0, 0.1) is 6.92 Å². The topological polar surface area (TPSA) is 29.9 Å². The van der Waals surface area contributed by atoms with Crippen LogP contribution in [0.25, 0.3) is 5.69 Å². The van der Waals surface area contributed by atoms with E-state index in [2.05, 4.69) is 23.4 Å². The summed E-state index contributed by atoms with van der Waals surface area (Å²) in [4.78, 5) is 0. The van der Waals surface area contributed by atoms with Gasteiger partial charge < -0.3 is 5.32 Å². The molecule has 1 N–H and O–H groups in total. The fourth-order valence-electron chi connectivity index (χ4n) is 1.78. The summed E-state index contributed by atoms with van der Waals surface area (Å²) in [5.41, 5.74) is 3.11. The number of aromatic nitrogens is 2. The van der Waals surface area contributed by atoms with Gasteiger partial charge in [0.05, 0.1) is 16.4 Å². The lowest BCUT2D eigenvalue weighted by atomic mass is 10.1. The van der Waals surface area contributed by atoms with E-state index in [9.17, 15) is 0 Å². The Labute approximate surface area is 106 Å². The van der Waals surface area contributed by atoms with Crippen LogP contribution in [0.1, 0.15) is 24.2 Å². The van der Waals surface area contributed by atoms with Crippen LogP contribution < -0.4 is 5.32 Å². The molecule has 1 unspecified atom stereocenters. The summed E-state index contributed by atoms with van der Waals surface area (Å²) in [5.74, 6) is 0. The number of nitrogens with one attached hydrogen (secondary N) is 1. The van der Waals surface area contributed by atoms with E-state index in [1.807, 2.05) is 43.0 Å². The zero-order valence-electron chi connectivity index (χ0n) is 10.2. The summed E-state index contributed by atoms with van der Waals surface area (Å²) in [6.07, 6.45) is 1.85. The van der Waals surface area contributed by atoms with Gasteiger partial charge in [0.25, 0.3) is 0 Å². The largest absolute Gasteiger partial charge is 0.313 e. The number of nitrogens with zero attached hydrogens (tertiary/aromatic N) is 2. The second-order valence-corrected chi connectivity index (χ2v) is 4.48. The lowest BCUT2D eigenvalue weighted by Crippen LogP contribution is -2.15. The maximum absolute atomic E-state index is 6.05. The fourth-order valence-corrected chi connectivity index (χ4v) is 1.91. The summed E-state index contributed by atoms with van der Waals surface area (Å²) < 4.78 is 1.83. The minimum Gasteiger partial charge on any atom is -0.313 e. The molecule has 4 heteroatoms. The van der Waals surface area contributed by atoms with Crippen LogP contribution in [0.4, 0.5) is 0 Å². The Morgan fingerprint density at radius 3 is 2.65 bits per heavy atom. The fraction of sp³-hybridized carbons (Fsp3) is 0.308. The van der Waals surface area contributed by atoms with E-state index < -0.39 is 0 Å². The number of halogens is 1. The third kappa shape index (κ3) is 2.35. The number of benzene rings is 1. The molecule has 90 valence electrons. The Morgan fingerprint density at radius 2 is 2.06 bits per heavy atom. The van der Waals surface area contributed by atoms with E-state index in [0.717, 1.165) is 11.4 Å². The monoisotopic (exact) mass is 249 g/mol. The van der Waals surface area contributed by atoms with E-state index >= 15 is 0 Å². The summed E-state index contributed by atoms with van der Waals surface area (Å²) in [6, 6.07) is 8.46. The number of hydrogen-bond acceptors (Lipinski definition) is 2. The van der Waals surface area contributed by atoms with E-state index in [1.54, 1.807) is 0 Å². The number of para-hydroxylation sites is 1. The molecule has 0 saturated carbocycles. The molecule has 1 heterocycles. The average Bonchev–Trinajstić information content (AvgIpc) is 2.68. The Balaban J connectivity index is 2.51. The predicted octanol–water partition coefficient (Wildman–Crippen LogP) is 3.11. The number of rotatable bonds is 3. The quantitative estimate of drug-likeness (QED) is 0.906. The van der Waals surface area contributed by atoms with Crippen molar-refractivity contribution in [2.75, 3.05) is 7.05 Å². The summed E-state index contributed by atoms with van der Waals surface area (Å²) in [5, 5.41) is 8.35. The SMILES string of the molecule is CNC(C)c1ccccc1-n1cc(Cl)c(C)n1. The molecule has 0 bridgehead atoms. The van der Waals surface area contributed by atoms with Crippen molar-refractivity contribution in [3.8, 4) is 5.69 Å². The Morgan fingerprint density at radius 1 is 1.35 bits per heavy atom. The van der Waals surface area contributed by atoms with Gasteiger partial charge in [-0.25, -0.2) is 4.68 Å². The highest BCUT2D eigenvalue weighted by Gasteiger charge is 2.11. The molecule has 0 aliphatic rings. The molecule has 3 nitrogen and oxygen atoms in total. The van der Waals surface area contributed by atoms with Gasteiger partial charge in [-0.3, -0.25) is 0 Å². The molecule has 0 spiro atoms. The van der Waals surface area contributed by atoms with Crippen molar-refractivity contribution in [1.82, 2.24) is 15.1 Å². The van der Waals surface area contributed by atoms with Crippen molar-refractivity contribution >= 4 is 11.6 Å². The van der Waals surface area contributed by atoms with Gasteiger partial charge in [-0.1, -0.05) is 29.8 Å². The van der Waals surface area contributed by atoms with Gasteiger partial charge in [0.2, 0.25) is 0 Å². The molecule has 0 amide bonds. The maximum atomic E-state index is 6.05. The molecule has 0 radical (unpaired) electrons. The third-order valence-electron chi connectivity index (χ3n) is 2.92. The van der Waals surface area contributed by atoms with Gasteiger partial charge in [0.15, 0.2) is 0 Å². The molecule has 1 atom stereocenters. The minimum atomic E-state index is 0.273. The molecule has 1 aromatic carbocycles. The van der Waals surface area contributed by atoms with Crippen LogP contribution >= 0.6 is 11.6 Å². The van der Waals surface area contributed by atoms with Crippen LogP contribution in [0.3, 0.4) is 0 Å². The van der Waals surface area contributed by atoms with Gasteiger partial charge in [0, 0.05) is 12.2 Å².